The first-order valence-corrected chi connectivity index (χ1v) is 9.15. The number of amides is 1. The molecule has 0 atom stereocenters. The van der Waals surface area contributed by atoms with E-state index in [1.807, 2.05) is 42.0 Å². The van der Waals surface area contributed by atoms with Crippen molar-refractivity contribution in [1.82, 2.24) is 29.9 Å². The number of hydrogen-bond donors (Lipinski definition) is 1. The van der Waals surface area contributed by atoms with Crippen molar-refractivity contribution in [3.8, 4) is 0 Å². The summed E-state index contributed by atoms with van der Waals surface area (Å²) in [5, 5.41) is 16.4. The van der Waals surface area contributed by atoms with E-state index in [2.05, 4.69) is 32.7 Å². The lowest BCUT2D eigenvalue weighted by atomic mass is 10.2. The Kier molecular flexibility index (Phi) is 5.49. The number of nitrogens with one attached hydrogen (secondary N) is 1. The Morgan fingerprint density at radius 3 is 2.68 bits per heavy atom. The Morgan fingerprint density at radius 1 is 1.20 bits per heavy atom. The van der Waals surface area contributed by atoms with Gasteiger partial charge < -0.3 is 9.88 Å². The molecule has 0 aliphatic heterocycles. The zero-order valence-electron chi connectivity index (χ0n) is 14.2. The summed E-state index contributed by atoms with van der Waals surface area (Å²) in [5.74, 6) is 0.626. The van der Waals surface area contributed by atoms with Crippen molar-refractivity contribution in [3.63, 3.8) is 0 Å². The van der Waals surface area contributed by atoms with Gasteiger partial charge in [0.1, 0.15) is 6.54 Å². The second kappa shape index (κ2) is 7.98. The Labute approximate surface area is 150 Å². The minimum atomic E-state index is -0.108. The zero-order chi connectivity index (χ0) is 17.6. The Balaban J connectivity index is 1.65. The highest BCUT2D eigenvalue weighted by molar-refractivity contribution is 7.98. The summed E-state index contributed by atoms with van der Waals surface area (Å²) >= 11 is 1.54. The highest BCUT2D eigenvalue weighted by Gasteiger charge is 2.13. The molecule has 1 amide bonds. The van der Waals surface area contributed by atoms with Gasteiger partial charge in [-0.25, -0.2) is 0 Å². The lowest BCUT2D eigenvalue weighted by Crippen LogP contribution is -2.28. The van der Waals surface area contributed by atoms with Crippen LogP contribution in [0.4, 0.5) is 0 Å². The Hall–Kier alpha value is -2.61. The summed E-state index contributed by atoms with van der Waals surface area (Å²) in [5.41, 5.74) is 2.05. The second-order valence-corrected chi connectivity index (χ2v) is 6.38. The number of benzene rings is 1. The maximum Gasteiger partial charge on any atom is 0.242 e. The average molecular weight is 356 g/mol. The highest BCUT2D eigenvalue weighted by Crippen LogP contribution is 2.16. The third-order valence-electron chi connectivity index (χ3n) is 3.68. The van der Waals surface area contributed by atoms with E-state index in [1.165, 1.54) is 11.8 Å². The number of thioether (sulfide) groups is 1. The van der Waals surface area contributed by atoms with Crippen LogP contribution in [0.3, 0.4) is 0 Å². The van der Waals surface area contributed by atoms with Crippen LogP contribution in [0.5, 0.6) is 0 Å². The topological polar surface area (TPSA) is 77.6 Å². The molecule has 1 aromatic carbocycles. The van der Waals surface area contributed by atoms with E-state index in [0.717, 1.165) is 22.2 Å². The van der Waals surface area contributed by atoms with Crippen LogP contribution in [-0.2, 0) is 24.4 Å². The molecule has 3 aromatic rings. The normalized spacial score (nSPS) is 10.8. The van der Waals surface area contributed by atoms with Gasteiger partial charge in [0.05, 0.1) is 18.8 Å². The predicted molar refractivity (Wildman–Crippen MR) is 96.2 cm³/mol. The van der Waals surface area contributed by atoms with Crippen molar-refractivity contribution in [2.45, 2.75) is 31.7 Å². The summed E-state index contributed by atoms with van der Waals surface area (Å²) in [6.45, 7) is 3.09. The van der Waals surface area contributed by atoms with E-state index in [1.54, 1.807) is 10.9 Å². The monoisotopic (exact) mass is 356 g/mol. The van der Waals surface area contributed by atoms with Gasteiger partial charge in [-0.15, -0.1) is 10.2 Å². The first-order valence-electron chi connectivity index (χ1n) is 7.92. The molecule has 0 unspecified atom stereocenters. The first kappa shape index (κ1) is 17.2. The molecule has 0 aliphatic rings. The molecule has 1 N–H and O–H groups in total. The van der Waals surface area contributed by atoms with Gasteiger partial charge in [0, 0.05) is 6.20 Å². The number of hydrogen-bond acceptors (Lipinski definition) is 5. The third kappa shape index (κ3) is 4.48. The van der Waals surface area contributed by atoms with E-state index >= 15 is 0 Å². The fraction of sp³-hybridized carbons (Fsp3) is 0.294. The van der Waals surface area contributed by atoms with E-state index in [9.17, 15) is 4.79 Å². The second-order valence-electron chi connectivity index (χ2n) is 5.61. The molecule has 0 fully saturated rings. The van der Waals surface area contributed by atoms with Crippen LogP contribution in [0, 0.1) is 6.92 Å². The minimum absolute atomic E-state index is 0.108. The molecular formula is C17H20N6OS. The van der Waals surface area contributed by atoms with Gasteiger partial charge in [0.15, 0.2) is 11.0 Å². The van der Waals surface area contributed by atoms with Crippen molar-refractivity contribution in [1.29, 1.82) is 0 Å². The quantitative estimate of drug-likeness (QED) is 0.654. The van der Waals surface area contributed by atoms with Gasteiger partial charge >= 0.3 is 0 Å². The lowest BCUT2D eigenvalue weighted by Gasteiger charge is -2.10. The van der Waals surface area contributed by atoms with Crippen LogP contribution in [-0.4, -0.2) is 36.7 Å². The number of carbonyl (C=O) groups excluding carboxylic acids is 1. The maximum atomic E-state index is 12.1. The van der Waals surface area contributed by atoms with Crippen LogP contribution in [0.25, 0.3) is 0 Å². The molecule has 0 aliphatic carbocycles. The molecule has 8 heteroatoms. The highest BCUT2D eigenvalue weighted by atomic mass is 32.2. The predicted octanol–water partition coefficient (Wildman–Crippen LogP) is 1.87. The Bertz CT molecular complexity index is 842. The molecule has 7 nitrogen and oxygen atoms in total. The summed E-state index contributed by atoms with van der Waals surface area (Å²) in [4.78, 5) is 12.1. The van der Waals surface area contributed by atoms with E-state index in [4.69, 9.17) is 0 Å². The number of aromatic nitrogens is 5. The lowest BCUT2D eigenvalue weighted by molar-refractivity contribution is -0.122. The smallest absolute Gasteiger partial charge is 0.242 e. The maximum absolute atomic E-state index is 12.1. The molecule has 0 radical (unpaired) electrons. The molecule has 2 heterocycles. The molecule has 3 rings (SSSR count). The average Bonchev–Trinajstić information content (AvgIpc) is 3.20. The Morgan fingerprint density at radius 2 is 2.00 bits per heavy atom. The summed E-state index contributed by atoms with van der Waals surface area (Å²) < 4.78 is 3.64. The fourth-order valence-electron chi connectivity index (χ4n) is 2.46. The minimum Gasteiger partial charge on any atom is -0.347 e. The van der Waals surface area contributed by atoms with Crippen molar-refractivity contribution in [2.75, 3.05) is 6.26 Å². The van der Waals surface area contributed by atoms with E-state index in [-0.39, 0.29) is 12.5 Å². The van der Waals surface area contributed by atoms with Crippen LogP contribution in [0.1, 0.15) is 17.1 Å². The van der Waals surface area contributed by atoms with Gasteiger partial charge in [-0.2, -0.15) is 5.10 Å². The van der Waals surface area contributed by atoms with E-state index < -0.39 is 0 Å². The van der Waals surface area contributed by atoms with Gasteiger partial charge in [-0.3, -0.25) is 9.48 Å². The molecule has 130 valence electrons. The molecular weight excluding hydrogens is 336 g/mol. The molecule has 2 aromatic heterocycles. The van der Waals surface area contributed by atoms with Crippen molar-refractivity contribution in [2.24, 2.45) is 0 Å². The van der Waals surface area contributed by atoms with Gasteiger partial charge in [0.25, 0.3) is 0 Å². The SMILES string of the molecule is CSc1nnc(CNC(=O)Cn2ccc(C)n2)n1Cc1ccccc1. The fourth-order valence-corrected chi connectivity index (χ4v) is 2.97. The van der Waals surface area contributed by atoms with Crippen molar-refractivity contribution in [3.05, 3.63) is 59.7 Å². The number of rotatable bonds is 7. The first-order chi connectivity index (χ1) is 12.2. The van der Waals surface area contributed by atoms with Crippen LogP contribution >= 0.6 is 11.8 Å². The summed E-state index contributed by atoms with van der Waals surface area (Å²) in [6.07, 6.45) is 3.76. The molecule has 0 spiro atoms. The number of nitrogens with zero attached hydrogens (tertiary/aromatic N) is 5. The van der Waals surface area contributed by atoms with Crippen LogP contribution < -0.4 is 5.32 Å². The molecule has 0 bridgehead atoms. The van der Waals surface area contributed by atoms with Crippen molar-refractivity contribution >= 4 is 17.7 Å². The number of carbonyl (C=O) groups is 1. The largest absolute Gasteiger partial charge is 0.347 e. The van der Waals surface area contributed by atoms with Gasteiger partial charge in [0.2, 0.25) is 5.91 Å². The third-order valence-corrected chi connectivity index (χ3v) is 4.35. The van der Waals surface area contributed by atoms with Crippen LogP contribution in [0.15, 0.2) is 47.8 Å². The zero-order valence-corrected chi connectivity index (χ0v) is 15.0. The van der Waals surface area contributed by atoms with Gasteiger partial charge in [-0.1, -0.05) is 42.1 Å². The van der Waals surface area contributed by atoms with Crippen LogP contribution in [0.2, 0.25) is 0 Å². The molecule has 0 saturated heterocycles. The molecule has 25 heavy (non-hydrogen) atoms. The summed E-state index contributed by atoms with van der Waals surface area (Å²) in [6, 6.07) is 12.0. The van der Waals surface area contributed by atoms with Gasteiger partial charge in [-0.05, 0) is 24.8 Å². The standard InChI is InChI=1S/C17H20N6OS/c1-13-8-9-22(21-13)12-16(24)18-10-15-19-20-17(25-2)23(15)11-14-6-4-3-5-7-14/h3-9H,10-12H2,1-2H3,(H,18,24). The molecule has 0 saturated carbocycles. The van der Waals surface area contributed by atoms with E-state index in [0.29, 0.717) is 13.1 Å². The van der Waals surface area contributed by atoms with Crippen molar-refractivity contribution < 1.29 is 4.79 Å². The summed E-state index contributed by atoms with van der Waals surface area (Å²) in [7, 11) is 0. The number of aryl methyl sites for hydroxylation is 1.